The molecule has 3 aliphatic rings. The minimum Gasteiger partial charge on any atom is -0.352 e. The van der Waals surface area contributed by atoms with E-state index in [4.69, 9.17) is 0 Å². The third kappa shape index (κ3) is 4.50. The number of hydrogen-bond acceptors (Lipinski definition) is 5. The zero-order chi connectivity index (χ0) is 21.3. The lowest BCUT2D eigenvalue weighted by atomic mass is 9.94. The molecular formula is C21H27N3O5S. The molecule has 2 unspecified atom stereocenters. The maximum Gasteiger partial charge on any atom is 0.228 e. The summed E-state index contributed by atoms with van der Waals surface area (Å²) in [5, 5.41) is 2.86. The highest BCUT2D eigenvalue weighted by molar-refractivity contribution is 7.91. The molecule has 0 aromatic heterocycles. The number of carbonyl (C=O) groups excluding carboxylic acids is 3. The molecule has 0 aliphatic carbocycles. The molecule has 3 heterocycles. The molecule has 1 aromatic carbocycles. The Morgan fingerprint density at radius 1 is 1.00 bits per heavy atom. The second-order valence-corrected chi connectivity index (χ2v) is 10.7. The quantitative estimate of drug-likeness (QED) is 0.748. The number of rotatable bonds is 4. The Morgan fingerprint density at radius 3 is 2.33 bits per heavy atom. The van der Waals surface area contributed by atoms with Gasteiger partial charge in [-0.25, -0.2) is 8.42 Å². The molecule has 3 amide bonds. The van der Waals surface area contributed by atoms with Gasteiger partial charge >= 0.3 is 0 Å². The van der Waals surface area contributed by atoms with Gasteiger partial charge in [0.05, 0.1) is 17.4 Å². The van der Waals surface area contributed by atoms with E-state index in [2.05, 4.69) is 5.32 Å². The molecule has 8 nitrogen and oxygen atoms in total. The number of nitrogens with zero attached hydrogens (tertiary/aromatic N) is 2. The van der Waals surface area contributed by atoms with Gasteiger partial charge in [0.25, 0.3) is 0 Å². The Labute approximate surface area is 176 Å². The Kier molecular flexibility index (Phi) is 5.81. The molecule has 4 rings (SSSR count). The molecule has 3 saturated heterocycles. The van der Waals surface area contributed by atoms with Crippen LogP contribution in [0.5, 0.6) is 0 Å². The van der Waals surface area contributed by atoms with Gasteiger partial charge in [-0.05, 0) is 31.4 Å². The number of hydrogen-bond donors (Lipinski definition) is 1. The summed E-state index contributed by atoms with van der Waals surface area (Å²) in [7, 11) is -3.03. The smallest absolute Gasteiger partial charge is 0.228 e. The van der Waals surface area contributed by atoms with Crippen molar-refractivity contribution in [1.82, 2.24) is 10.2 Å². The first-order valence-corrected chi connectivity index (χ1v) is 12.3. The second-order valence-electron chi connectivity index (χ2n) is 8.45. The van der Waals surface area contributed by atoms with Crippen LogP contribution in [0.2, 0.25) is 0 Å². The molecule has 0 saturated carbocycles. The lowest BCUT2D eigenvalue weighted by Crippen LogP contribution is -2.47. The fourth-order valence-electron chi connectivity index (χ4n) is 4.58. The number of amides is 3. The largest absolute Gasteiger partial charge is 0.352 e. The molecule has 0 spiro atoms. The van der Waals surface area contributed by atoms with Crippen molar-refractivity contribution in [2.75, 3.05) is 36.0 Å². The van der Waals surface area contributed by atoms with Gasteiger partial charge in [0.2, 0.25) is 17.7 Å². The van der Waals surface area contributed by atoms with Crippen molar-refractivity contribution < 1.29 is 22.8 Å². The Bertz CT molecular complexity index is 925. The van der Waals surface area contributed by atoms with E-state index in [1.807, 2.05) is 30.3 Å². The van der Waals surface area contributed by atoms with Gasteiger partial charge in [-0.1, -0.05) is 18.2 Å². The molecule has 3 fully saturated rings. The highest BCUT2D eigenvalue weighted by Crippen LogP contribution is 2.28. The summed E-state index contributed by atoms with van der Waals surface area (Å²) < 4.78 is 23.1. The van der Waals surface area contributed by atoms with Crippen LogP contribution in [-0.2, 0) is 24.2 Å². The maximum atomic E-state index is 12.9. The van der Waals surface area contributed by atoms with Crippen LogP contribution in [0.25, 0.3) is 0 Å². The fraction of sp³-hybridized carbons (Fsp3) is 0.571. The summed E-state index contributed by atoms with van der Waals surface area (Å²) in [4.78, 5) is 41.2. The molecule has 30 heavy (non-hydrogen) atoms. The Balaban J connectivity index is 1.27. The van der Waals surface area contributed by atoms with E-state index in [0.29, 0.717) is 38.9 Å². The van der Waals surface area contributed by atoms with Crippen LogP contribution < -0.4 is 10.2 Å². The van der Waals surface area contributed by atoms with E-state index in [0.717, 1.165) is 5.69 Å². The fourth-order valence-corrected chi connectivity index (χ4v) is 6.25. The molecule has 3 aliphatic heterocycles. The average Bonchev–Trinajstić information content (AvgIpc) is 3.29. The molecule has 1 aromatic rings. The van der Waals surface area contributed by atoms with E-state index < -0.39 is 9.84 Å². The molecule has 162 valence electrons. The standard InChI is InChI=1S/C21H27N3O5S/c25-19-12-16(13-24(19)18-4-2-1-3-5-18)21(27)23-9-6-15(7-10-23)20(26)22-17-8-11-30(28,29)14-17/h1-5,15-17H,6-14H2,(H,22,26). The third-order valence-corrected chi connectivity index (χ3v) is 8.07. The first-order valence-electron chi connectivity index (χ1n) is 10.5. The van der Waals surface area contributed by atoms with Crippen LogP contribution in [0, 0.1) is 11.8 Å². The van der Waals surface area contributed by atoms with Crippen LogP contribution in [-0.4, -0.2) is 68.2 Å². The lowest BCUT2D eigenvalue weighted by molar-refractivity contribution is -0.139. The minimum absolute atomic E-state index is 0.0176. The number of sulfone groups is 1. The number of benzene rings is 1. The summed E-state index contributed by atoms with van der Waals surface area (Å²) in [6.07, 6.45) is 1.80. The monoisotopic (exact) mass is 433 g/mol. The van der Waals surface area contributed by atoms with E-state index in [1.54, 1.807) is 9.80 Å². The zero-order valence-electron chi connectivity index (χ0n) is 16.8. The number of piperidine rings is 1. The van der Waals surface area contributed by atoms with Crippen molar-refractivity contribution in [2.45, 2.75) is 31.7 Å². The van der Waals surface area contributed by atoms with E-state index in [9.17, 15) is 22.8 Å². The number of carbonyl (C=O) groups is 3. The van der Waals surface area contributed by atoms with E-state index >= 15 is 0 Å². The first-order chi connectivity index (χ1) is 14.3. The van der Waals surface area contributed by atoms with E-state index in [1.165, 1.54) is 0 Å². The van der Waals surface area contributed by atoms with Gasteiger partial charge in [-0.2, -0.15) is 0 Å². The van der Waals surface area contributed by atoms with Gasteiger partial charge < -0.3 is 15.1 Å². The van der Waals surface area contributed by atoms with Crippen molar-refractivity contribution in [3.05, 3.63) is 30.3 Å². The van der Waals surface area contributed by atoms with Crippen LogP contribution in [0.4, 0.5) is 5.69 Å². The van der Waals surface area contributed by atoms with Crippen LogP contribution in [0.3, 0.4) is 0 Å². The van der Waals surface area contributed by atoms with Crippen molar-refractivity contribution >= 4 is 33.2 Å². The van der Waals surface area contributed by atoms with Gasteiger partial charge in [0.15, 0.2) is 9.84 Å². The van der Waals surface area contributed by atoms with Crippen molar-refractivity contribution in [3.8, 4) is 0 Å². The molecule has 2 atom stereocenters. The number of likely N-dealkylation sites (tertiary alicyclic amines) is 1. The Morgan fingerprint density at radius 2 is 1.70 bits per heavy atom. The minimum atomic E-state index is -3.03. The normalized spacial score (nSPS) is 26.7. The van der Waals surface area contributed by atoms with Gasteiger partial charge in [-0.3, -0.25) is 14.4 Å². The number of para-hydroxylation sites is 1. The maximum absolute atomic E-state index is 12.9. The molecule has 9 heteroatoms. The van der Waals surface area contributed by atoms with E-state index in [-0.39, 0.29) is 53.5 Å². The van der Waals surface area contributed by atoms with Gasteiger partial charge in [-0.15, -0.1) is 0 Å². The molecule has 1 N–H and O–H groups in total. The van der Waals surface area contributed by atoms with Crippen molar-refractivity contribution in [2.24, 2.45) is 11.8 Å². The van der Waals surface area contributed by atoms with Crippen molar-refractivity contribution in [3.63, 3.8) is 0 Å². The van der Waals surface area contributed by atoms with Crippen LogP contribution in [0.15, 0.2) is 30.3 Å². The van der Waals surface area contributed by atoms with Gasteiger partial charge in [0.1, 0.15) is 0 Å². The number of anilines is 1. The molecule has 0 radical (unpaired) electrons. The first kappa shape index (κ1) is 20.8. The van der Waals surface area contributed by atoms with Gasteiger partial charge in [0, 0.05) is 43.7 Å². The number of nitrogens with one attached hydrogen (secondary N) is 1. The SMILES string of the molecule is O=C(NC1CCS(=O)(=O)C1)C1CCN(C(=O)C2CC(=O)N(c3ccccc3)C2)CC1. The topological polar surface area (TPSA) is 104 Å². The molecule has 0 bridgehead atoms. The highest BCUT2D eigenvalue weighted by atomic mass is 32.2. The summed E-state index contributed by atoms with van der Waals surface area (Å²) in [5.41, 5.74) is 0.808. The average molecular weight is 434 g/mol. The highest BCUT2D eigenvalue weighted by Gasteiger charge is 2.39. The van der Waals surface area contributed by atoms with Crippen LogP contribution >= 0.6 is 0 Å². The van der Waals surface area contributed by atoms with Crippen molar-refractivity contribution in [1.29, 1.82) is 0 Å². The summed E-state index contributed by atoms with van der Waals surface area (Å²) in [6, 6.07) is 9.06. The zero-order valence-corrected chi connectivity index (χ0v) is 17.6. The lowest BCUT2D eigenvalue weighted by Gasteiger charge is -2.33. The van der Waals surface area contributed by atoms with Crippen LogP contribution in [0.1, 0.15) is 25.7 Å². The summed E-state index contributed by atoms with van der Waals surface area (Å²) in [6.45, 7) is 1.35. The summed E-state index contributed by atoms with van der Waals surface area (Å²) in [5.74, 6) is -0.595. The predicted molar refractivity (Wildman–Crippen MR) is 111 cm³/mol. The molecular weight excluding hydrogens is 406 g/mol. The second kappa shape index (κ2) is 8.37. The third-order valence-electron chi connectivity index (χ3n) is 6.30. The summed E-state index contributed by atoms with van der Waals surface area (Å²) >= 11 is 0. The Hall–Kier alpha value is -2.42. The predicted octanol–water partition coefficient (Wildman–Crippen LogP) is 0.581.